The topological polar surface area (TPSA) is 176 Å². The summed E-state index contributed by atoms with van der Waals surface area (Å²) in [5.74, 6) is -2.05. The summed E-state index contributed by atoms with van der Waals surface area (Å²) < 4.78 is 0. The van der Waals surface area contributed by atoms with Gasteiger partial charge in [-0.3, -0.25) is 19.4 Å². The van der Waals surface area contributed by atoms with Gasteiger partial charge in [-0.25, -0.2) is 0 Å². The zero-order valence-electron chi connectivity index (χ0n) is 13.4. The van der Waals surface area contributed by atoms with Gasteiger partial charge in [0.05, 0.1) is 50.5 Å². The van der Waals surface area contributed by atoms with Crippen LogP contribution in [0.3, 0.4) is 0 Å². The molecule has 0 aromatic carbocycles. The summed E-state index contributed by atoms with van der Waals surface area (Å²) >= 11 is 0. The largest absolute Gasteiger partial charge is 0.480 e. The molecule has 0 aliphatic heterocycles. The van der Waals surface area contributed by atoms with E-state index in [2.05, 4.69) is 0 Å². The van der Waals surface area contributed by atoms with E-state index >= 15 is 0 Å². The number of hydrogen-bond donors (Lipinski definition) is 2. The van der Waals surface area contributed by atoms with Crippen molar-refractivity contribution >= 4 is 11.9 Å². The van der Waals surface area contributed by atoms with Gasteiger partial charge in [-0.1, -0.05) is 0 Å². The highest BCUT2D eigenvalue weighted by atomic mass is 16.4. The summed E-state index contributed by atoms with van der Waals surface area (Å²) in [5, 5.41) is 50.3. The van der Waals surface area contributed by atoms with Gasteiger partial charge in [0.2, 0.25) is 0 Å². The first-order valence-electron chi connectivity index (χ1n) is 6.68. The van der Waals surface area contributed by atoms with Crippen LogP contribution in [0.1, 0.15) is 13.8 Å². The molecule has 2 N–H and O–H groups in total. The molecule has 0 heterocycles. The highest BCUT2D eigenvalue weighted by Gasteiger charge is 2.20. The molecule has 0 fully saturated rings. The molecule has 0 aliphatic rings. The molecular formula is C14H18N6O4. The predicted molar refractivity (Wildman–Crippen MR) is 79.8 cm³/mol. The number of carbonyl (C=O) groups is 2. The van der Waals surface area contributed by atoms with Crippen LogP contribution in [0.15, 0.2) is 0 Å². The van der Waals surface area contributed by atoms with E-state index in [-0.39, 0.29) is 26.2 Å². The second-order valence-corrected chi connectivity index (χ2v) is 4.47. The summed E-state index contributed by atoms with van der Waals surface area (Å²) in [5.41, 5.74) is 0. The Morgan fingerprint density at radius 3 is 1.08 bits per heavy atom. The van der Waals surface area contributed by atoms with Crippen LogP contribution in [0.25, 0.3) is 0 Å². The molecule has 2 atom stereocenters. The molecule has 24 heavy (non-hydrogen) atoms. The molecule has 0 aromatic rings. The highest BCUT2D eigenvalue weighted by Crippen LogP contribution is 1.97. The van der Waals surface area contributed by atoms with Gasteiger partial charge in [-0.15, -0.1) is 0 Å². The van der Waals surface area contributed by atoms with Crippen LogP contribution >= 0.6 is 0 Å². The molecule has 10 heteroatoms. The van der Waals surface area contributed by atoms with Crippen molar-refractivity contribution in [1.29, 1.82) is 21.0 Å². The van der Waals surface area contributed by atoms with Crippen molar-refractivity contribution in [1.82, 2.24) is 9.80 Å². The fourth-order valence-corrected chi connectivity index (χ4v) is 1.34. The second kappa shape index (κ2) is 13.5. The van der Waals surface area contributed by atoms with Crippen molar-refractivity contribution in [2.24, 2.45) is 0 Å². The monoisotopic (exact) mass is 334 g/mol. The molecule has 0 radical (unpaired) electrons. The van der Waals surface area contributed by atoms with Gasteiger partial charge in [0, 0.05) is 0 Å². The van der Waals surface area contributed by atoms with E-state index in [0.717, 1.165) is 0 Å². The average Bonchev–Trinajstić information content (AvgIpc) is 2.53. The molecule has 10 nitrogen and oxygen atoms in total. The van der Waals surface area contributed by atoms with Crippen LogP contribution in [0.5, 0.6) is 0 Å². The standard InChI is InChI=1S/2C7H9N3O2/c2*1-6(7(11)12)10(4-2-8)5-3-9/h2*6H,4-5H2,1H3,(H,11,12)/t2*6-/m00/s1. The van der Waals surface area contributed by atoms with Crippen molar-refractivity contribution < 1.29 is 19.8 Å². The lowest BCUT2D eigenvalue weighted by atomic mass is 10.3. The van der Waals surface area contributed by atoms with Gasteiger partial charge < -0.3 is 10.2 Å². The van der Waals surface area contributed by atoms with E-state index in [9.17, 15) is 9.59 Å². The van der Waals surface area contributed by atoms with E-state index in [4.69, 9.17) is 31.3 Å². The Balaban J connectivity index is 0. The minimum atomic E-state index is -1.03. The van der Waals surface area contributed by atoms with Crippen LogP contribution in [0.2, 0.25) is 0 Å². The van der Waals surface area contributed by atoms with Crippen molar-refractivity contribution in [3.63, 3.8) is 0 Å². The molecule has 0 unspecified atom stereocenters. The number of hydrogen-bond acceptors (Lipinski definition) is 8. The molecule has 0 saturated carbocycles. The van der Waals surface area contributed by atoms with Crippen molar-refractivity contribution in [2.45, 2.75) is 25.9 Å². The average molecular weight is 334 g/mol. The van der Waals surface area contributed by atoms with Crippen LogP contribution in [0.4, 0.5) is 0 Å². The third-order valence-corrected chi connectivity index (χ3v) is 2.91. The van der Waals surface area contributed by atoms with E-state index in [1.165, 1.54) is 23.6 Å². The Kier molecular flexibility index (Phi) is 13.0. The smallest absolute Gasteiger partial charge is 0.320 e. The fraction of sp³-hybridized carbons (Fsp3) is 0.571. The first kappa shape index (κ1) is 23.1. The summed E-state index contributed by atoms with van der Waals surface area (Å²) in [6.45, 7) is 2.72. The second-order valence-electron chi connectivity index (χ2n) is 4.47. The summed E-state index contributed by atoms with van der Waals surface area (Å²) in [7, 11) is 0. The normalized spacial score (nSPS) is 11.7. The maximum atomic E-state index is 10.4. The van der Waals surface area contributed by atoms with E-state index in [1.54, 1.807) is 24.3 Å². The quantitative estimate of drug-likeness (QED) is 0.556. The third kappa shape index (κ3) is 9.70. The number of nitriles is 4. The van der Waals surface area contributed by atoms with Gasteiger partial charge >= 0.3 is 11.9 Å². The van der Waals surface area contributed by atoms with E-state index in [0.29, 0.717) is 0 Å². The number of carboxylic acid groups (broad SMARTS) is 2. The Labute approximate surface area is 139 Å². The summed E-state index contributed by atoms with van der Waals surface area (Å²) in [6.07, 6.45) is 0. The SMILES string of the molecule is C[C@@H](C(=O)O)N(CC#N)CC#N.C[C@@H](C(=O)O)N(CC#N)CC#N. The van der Waals surface area contributed by atoms with Gasteiger partial charge in [0.25, 0.3) is 0 Å². The van der Waals surface area contributed by atoms with Crippen molar-refractivity contribution in [3.05, 3.63) is 0 Å². The first-order valence-corrected chi connectivity index (χ1v) is 6.68. The molecule has 0 saturated heterocycles. The van der Waals surface area contributed by atoms with Crippen LogP contribution < -0.4 is 0 Å². The maximum Gasteiger partial charge on any atom is 0.320 e. The Bertz CT molecular complexity index is 496. The number of rotatable bonds is 8. The molecule has 0 bridgehead atoms. The van der Waals surface area contributed by atoms with Crippen LogP contribution in [0, 0.1) is 45.3 Å². The van der Waals surface area contributed by atoms with Crippen molar-refractivity contribution in [3.8, 4) is 24.3 Å². The van der Waals surface area contributed by atoms with Gasteiger partial charge in [0.15, 0.2) is 0 Å². The number of carboxylic acids is 2. The molecule has 0 amide bonds. The lowest BCUT2D eigenvalue weighted by molar-refractivity contribution is -0.143. The minimum Gasteiger partial charge on any atom is -0.480 e. The molecule has 0 spiro atoms. The van der Waals surface area contributed by atoms with Gasteiger partial charge in [-0.05, 0) is 13.8 Å². The van der Waals surface area contributed by atoms with Crippen LogP contribution in [-0.4, -0.2) is 70.2 Å². The van der Waals surface area contributed by atoms with Gasteiger partial charge in [0.1, 0.15) is 12.1 Å². The zero-order chi connectivity index (χ0) is 19.1. The molecular weight excluding hydrogens is 316 g/mol. The maximum absolute atomic E-state index is 10.4. The Hall–Kier alpha value is -3.18. The fourth-order valence-electron chi connectivity index (χ4n) is 1.34. The van der Waals surface area contributed by atoms with Crippen molar-refractivity contribution in [2.75, 3.05) is 26.2 Å². The third-order valence-electron chi connectivity index (χ3n) is 2.91. The van der Waals surface area contributed by atoms with Crippen LogP contribution in [-0.2, 0) is 9.59 Å². The molecule has 0 aromatic heterocycles. The zero-order valence-corrected chi connectivity index (χ0v) is 13.4. The van der Waals surface area contributed by atoms with E-state index in [1.807, 2.05) is 0 Å². The van der Waals surface area contributed by atoms with E-state index < -0.39 is 24.0 Å². The number of aliphatic carboxylic acids is 2. The lowest BCUT2D eigenvalue weighted by Gasteiger charge is -2.19. The predicted octanol–water partition coefficient (Wildman–Crippen LogP) is -0.383. The summed E-state index contributed by atoms with van der Waals surface area (Å²) in [6, 6.07) is 5.62. The van der Waals surface area contributed by atoms with Gasteiger partial charge in [-0.2, -0.15) is 21.0 Å². The summed E-state index contributed by atoms with van der Waals surface area (Å²) in [4.78, 5) is 23.4. The molecule has 128 valence electrons. The highest BCUT2D eigenvalue weighted by molar-refractivity contribution is 5.73. The molecule has 0 rings (SSSR count). The lowest BCUT2D eigenvalue weighted by Crippen LogP contribution is -2.39. The first-order chi connectivity index (χ1) is 11.3. The molecule has 0 aliphatic carbocycles. The number of nitrogens with zero attached hydrogens (tertiary/aromatic N) is 6. The Morgan fingerprint density at radius 1 is 0.750 bits per heavy atom. The Morgan fingerprint density at radius 2 is 0.958 bits per heavy atom. The minimum absolute atomic E-state index is 0.0406.